The fraction of sp³-hybridized carbons (Fsp3) is 1.00. The van der Waals surface area contributed by atoms with E-state index in [4.69, 9.17) is 0 Å². The van der Waals surface area contributed by atoms with Gasteiger partial charge in [-0.15, -0.1) is 0 Å². The Kier molecular flexibility index (Phi) is 2.88. The van der Waals surface area contributed by atoms with Crippen molar-refractivity contribution in [1.82, 2.24) is 0 Å². The summed E-state index contributed by atoms with van der Waals surface area (Å²) in [7, 11) is 0. The van der Waals surface area contributed by atoms with E-state index in [1.165, 1.54) is 37.4 Å². The minimum atomic E-state index is 1.06. The monoisotopic (exact) mass is 176 g/mol. The van der Waals surface area contributed by atoms with Crippen LogP contribution in [0.15, 0.2) is 0 Å². The normalized spacial score (nSPS) is 22.1. The molecule has 1 saturated carbocycles. The van der Waals surface area contributed by atoms with Gasteiger partial charge in [0.1, 0.15) is 0 Å². The minimum Gasteiger partial charge on any atom is -0.0928 e. The molecule has 0 amide bonds. The van der Waals surface area contributed by atoms with Crippen LogP contribution in [0.2, 0.25) is 0 Å². The van der Waals surface area contributed by atoms with Gasteiger partial charge >= 0.3 is 0 Å². The molecule has 0 spiro atoms. The van der Waals surface area contributed by atoms with Crippen LogP contribution in [-0.4, -0.2) is 5.33 Å². The number of hydrogen-bond acceptors (Lipinski definition) is 0. The van der Waals surface area contributed by atoms with Gasteiger partial charge in [-0.2, -0.15) is 0 Å². The Labute approximate surface area is 59.8 Å². The number of rotatable bonds is 2. The molecule has 0 aromatic rings. The molecule has 48 valence electrons. The van der Waals surface area contributed by atoms with Gasteiger partial charge in [-0.25, -0.2) is 0 Å². The Hall–Kier alpha value is 0.480. The molecular formula is C7H13Br. The highest BCUT2D eigenvalue weighted by molar-refractivity contribution is 9.09. The number of hydrogen-bond donors (Lipinski definition) is 0. The van der Waals surface area contributed by atoms with Crippen LogP contribution < -0.4 is 0 Å². The van der Waals surface area contributed by atoms with Crippen LogP contribution in [0.3, 0.4) is 0 Å². The second-order valence-corrected chi connectivity index (χ2v) is 3.42. The lowest BCUT2D eigenvalue weighted by atomic mass is 10.1. The molecule has 0 heterocycles. The molecule has 1 heteroatoms. The van der Waals surface area contributed by atoms with Crippen LogP contribution in [-0.2, 0) is 0 Å². The summed E-state index contributed by atoms with van der Waals surface area (Å²) in [6.07, 6.45) is 7.35. The fourth-order valence-corrected chi connectivity index (χ4v) is 2.10. The zero-order valence-electron chi connectivity index (χ0n) is 5.20. The molecule has 1 fully saturated rings. The highest BCUT2D eigenvalue weighted by Crippen LogP contribution is 2.27. The minimum absolute atomic E-state index is 1.06. The molecule has 0 atom stereocenters. The summed E-state index contributed by atoms with van der Waals surface area (Å²) in [5, 5.41) is 1.21. The third-order valence-electron chi connectivity index (χ3n) is 1.99. The summed E-state index contributed by atoms with van der Waals surface area (Å²) in [5.74, 6) is 1.06. The van der Waals surface area contributed by atoms with E-state index in [-0.39, 0.29) is 0 Å². The van der Waals surface area contributed by atoms with Gasteiger partial charge in [0, 0.05) is 5.33 Å². The molecule has 0 radical (unpaired) electrons. The summed E-state index contributed by atoms with van der Waals surface area (Å²) < 4.78 is 0. The number of halogens is 1. The fourth-order valence-electron chi connectivity index (χ4n) is 1.45. The van der Waals surface area contributed by atoms with Crippen molar-refractivity contribution in [2.24, 2.45) is 5.92 Å². The predicted molar refractivity (Wildman–Crippen MR) is 40.4 cm³/mol. The lowest BCUT2D eigenvalue weighted by Gasteiger charge is -2.02. The average Bonchev–Trinajstić information content (AvgIpc) is 2.19. The standard InChI is InChI=1S/C7H13Br/c8-6-5-7-3-1-2-4-7/h7H,1-6H2. The summed E-state index contributed by atoms with van der Waals surface area (Å²) in [6, 6.07) is 0. The first kappa shape index (κ1) is 6.60. The first-order chi connectivity index (χ1) is 3.93. The Balaban J connectivity index is 2.06. The maximum atomic E-state index is 3.46. The zero-order valence-corrected chi connectivity index (χ0v) is 6.78. The summed E-state index contributed by atoms with van der Waals surface area (Å²) >= 11 is 3.46. The molecule has 0 unspecified atom stereocenters. The van der Waals surface area contributed by atoms with Crippen molar-refractivity contribution in [3.8, 4) is 0 Å². The lowest BCUT2D eigenvalue weighted by molar-refractivity contribution is 0.537. The van der Waals surface area contributed by atoms with Crippen molar-refractivity contribution in [2.75, 3.05) is 5.33 Å². The Morgan fingerprint density at radius 2 is 1.88 bits per heavy atom. The Morgan fingerprint density at radius 3 is 2.38 bits per heavy atom. The van der Waals surface area contributed by atoms with Crippen LogP contribution in [0.1, 0.15) is 32.1 Å². The predicted octanol–water partition coefficient (Wildman–Crippen LogP) is 2.96. The molecule has 1 aliphatic rings. The molecule has 8 heavy (non-hydrogen) atoms. The van der Waals surface area contributed by atoms with Crippen molar-refractivity contribution in [2.45, 2.75) is 32.1 Å². The van der Waals surface area contributed by atoms with Gasteiger partial charge in [-0.05, 0) is 12.3 Å². The van der Waals surface area contributed by atoms with Crippen molar-refractivity contribution in [3.05, 3.63) is 0 Å². The molecule has 0 bridgehead atoms. The zero-order chi connectivity index (χ0) is 5.82. The Morgan fingerprint density at radius 1 is 1.25 bits per heavy atom. The van der Waals surface area contributed by atoms with E-state index in [9.17, 15) is 0 Å². The van der Waals surface area contributed by atoms with Gasteiger partial charge in [-0.1, -0.05) is 41.6 Å². The quantitative estimate of drug-likeness (QED) is 0.569. The molecule has 0 aromatic carbocycles. The van der Waals surface area contributed by atoms with Gasteiger partial charge in [0.2, 0.25) is 0 Å². The van der Waals surface area contributed by atoms with E-state index in [0.29, 0.717) is 0 Å². The van der Waals surface area contributed by atoms with E-state index in [0.717, 1.165) is 5.92 Å². The summed E-state index contributed by atoms with van der Waals surface area (Å²) in [6.45, 7) is 0. The molecule has 1 aliphatic carbocycles. The highest BCUT2D eigenvalue weighted by Gasteiger charge is 2.12. The molecule has 1 rings (SSSR count). The third kappa shape index (κ3) is 1.77. The van der Waals surface area contributed by atoms with Crippen LogP contribution in [0, 0.1) is 5.92 Å². The largest absolute Gasteiger partial charge is 0.0928 e. The first-order valence-electron chi connectivity index (χ1n) is 3.49. The van der Waals surface area contributed by atoms with Gasteiger partial charge in [0.15, 0.2) is 0 Å². The van der Waals surface area contributed by atoms with E-state index in [1.54, 1.807) is 0 Å². The van der Waals surface area contributed by atoms with E-state index >= 15 is 0 Å². The van der Waals surface area contributed by atoms with Gasteiger partial charge < -0.3 is 0 Å². The van der Waals surface area contributed by atoms with Gasteiger partial charge in [-0.3, -0.25) is 0 Å². The van der Waals surface area contributed by atoms with E-state index in [1.807, 2.05) is 0 Å². The molecule has 0 aliphatic heterocycles. The smallest absolute Gasteiger partial charge is 0.00339 e. The number of alkyl halides is 1. The summed E-state index contributed by atoms with van der Waals surface area (Å²) in [4.78, 5) is 0. The molecular weight excluding hydrogens is 164 g/mol. The van der Waals surface area contributed by atoms with Gasteiger partial charge in [0.05, 0.1) is 0 Å². The third-order valence-corrected chi connectivity index (χ3v) is 2.45. The first-order valence-corrected chi connectivity index (χ1v) is 4.61. The van der Waals surface area contributed by atoms with Crippen LogP contribution in [0.5, 0.6) is 0 Å². The van der Waals surface area contributed by atoms with Crippen molar-refractivity contribution >= 4 is 15.9 Å². The molecule has 0 aromatic heterocycles. The average molecular weight is 177 g/mol. The van der Waals surface area contributed by atoms with E-state index < -0.39 is 0 Å². The molecule has 0 nitrogen and oxygen atoms in total. The SMILES string of the molecule is BrCCC1CCCC1. The topological polar surface area (TPSA) is 0 Å². The van der Waals surface area contributed by atoms with Crippen molar-refractivity contribution in [1.29, 1.82) is 0 Å². The van der Waals surface area contributed by atoms with Crippen molar-refractivity contribution < 1.29 is 0 Å². The van der Waals surface area contributed by atoms with Crippen molar-refractivity contribution in [3.63, 3.8) is 0 Å². The Bertz CT molecular complexity index is 55.4. The van der Waals surface area contributed by atoms with Crippen LogP contribution in [0.25, 0.3) is 0 Å². The highest BCUT2D eigenvalue weighted by atomic mass is 79.9. The maximum absolute atomic E-state index is 3.46. The molecule has 0 saturated heterocycles. The van der Waals surface area contributed by atoms with Crippen LogP contribution >= 0.6 is 15.9 Å². The second-order valence-electron chi connectivity index (χ2n) is 2.63. The summed E-state index contributed by atoms with van der Waals surface area (Å²) in [5.41, 5.74) is 0. The maximum Gasteiger partial charge on any atom is 0.00339 e. The lowest BCUT2D eigenvalue weighted by Crippen LogP contribution is -1.91. The van der Waals surface area contributed by atoms with Gasteiger partial charge in [0.25, 0.3) is 0 Å². The van der Waals surface area contributed by atoms with E-state index in [2.05, 4.69) is 15.9 Å². The second kappa shape index (κ2) is 3.49. The molecule has 0 N–H and O–H groups in total. The van der Waals surface area contributed by atoms with Crippen LogP contribution in [0.4, 0.5) is 0 Å².